The number of nitrogens with zero attached hydrogens (tertiary/aromatic N) is 3. The second-order valence-corrected chi connectivity index (χ2v) is 31.4. The molecule has 0 aliphatic carbocycles. The molecule has 0 saturated heterocycles. The summed E-state index contributed by atoms with van der Waals surface area (Å²) >= 11 is 0. The maximum Gasteiger partial charge on any atom is 0.278 e. The van der Waals surface area contributed by atoms with Gasteiger partial charge in [-0.05, 0) is 183 Å². The fraction of sp³-hybridized carbons (Fsp3) is 0.357. The van der Waals surface area contributed by atoms with E-state index in [1.807, 2.05) is 6.92 Å². The van der Waals surface area contributed by atoms with Crippen LogP contribution in [0.2, 0.25) is 0 Å². The molecule has 0 bridgehead atoms. The van der Waals surface area contributed by atoms with Crippen molar-refractivity contribution < 1.29 is 50.5 Å². The number of hydrogen-bond acceptors (Lipinski definition) is 12. The maximum atomic E-state index is 15.0. The van der Waals surface area contributed by atoms with E-state index in [9.17, 15) is 50.5 Å². The molecule has 416 valence electrons. The fourth-order valence-corrected chi connectivity index (χ4v) is 23.2. The molecule has 0 amide bonds. The Morgan fingerprint density at radius 2 is 0.519 bits per heavy atom. The van der Waals surface area contributed by atoms with Crippen LogP contribution in [0.3, 0.4) is 0 Å². The minimum atomic E-state index is -5.10. The molecule has 6 aromatic rings. The van der Waals surface area contributed by atoms with Crippen molar-refractivity contribution in [2.24, 2.45) is 0 Å². The maximum absolute atomic E-state index is 15.0. The lowest BCUT2D eigenvalue weighted by Gasteiger charge is -2.28. The summed E-state index contributed by atoms with van der Waals surface area (Å²) in [5, 5.41) is 0. The third-order valence-electron chi connectivity index (χ3n) is 13.2. The molecule has 6 rings (SSSR count). The van der Waals surface area contributed by atoms with E-state index >= 15 is 0 Å². The Hall–Kier alpha value is -5.42. The molecule has 0 spiro atoms. The van der Waals surface area contributed by atoms with E-state index in [1.165, 1.54) is 0 Å². The number of rotatable bonds is 21. The van der Waals surface area contributed by atoms with Gasteiger partial charge in [0.2, 0.25) is 0 Å². The van der Waals surface area contributed by atoms with Gasteiger partial charge in [-0.2, -0.15) is 41.1 Å². The Morgan fingerprint density at radius 1 is 0.299 bits per heavy atom. The first-order valence-corrected chi connectivity index (χ1v) is 33.7. The zero-order valence-electron chi connectivity index (χ0n) is 45.9. The molecule has 0 aliphatic rings. The number of aryl methyl sites for hydroxylation is 12. The molecular formula is C56H69N3O12S6. The summed E-state index contributed by atoms with van der Waals surface area (Å²) in [5.41, 5.74) is 4.19. The molecule has 0 unspecified atom stereocenters. The van der Waals surface area contributed by atoms with Gasteiger partial charge in [0.05, 0.1) is 40.7 Å². The summed E-state index contributed by atoms with van der Waals surface area (Å²) in [6.07, 6.45) is 3.84. The van der Waals surface area contributed by atoms with Crippen LogP contribution in [-0.4, -0.2) is 60.8 Å². The van der Waals surface area contributed by atoms with Crippen molar-refractivity contribution in [1.82, 2.24) is 3.71 Å². The predicted octanol–water partition coefficient (Wildman–Crippen LogP) is 11.3. The van der Waals surface area contributed by atoms with Gasteiger partial charge in [0.25, 0.3) is 60.1 Å². The van der Waals surface area contributed by atoms with Gasteiger partial charge in [0.1, 0.15) is 0 Å². The lowest BCUT2D eigenvalue weighted by atomic mass is 10.1. The molecule has 0 radical (unpaired) electrons. The van der Waals surface area contributed by atoms with Gasteiger partial charge < -0.3 is 0 Å². The van der Waals surface area contributed by atoms with Crippen LogP contribution in [0.1, 0.15) is 112 Å². The minimum Gasteiger partial charge on any atom is -0.206 e. The van der Waals surface area contributed by atoms with E-state index in [-0.39, 0.29) is 77.9 Å². The normalized spacial score (nSPS) is 12.8. The molecule has 6 aromatic carbocycles. The van der Waals surface area contributed by atoms with Crippen LogP contribution >= 0.6 is 0 Å². The van der Waals surface area contributed by atoms with Crippen molar-refractivity contribution in [3.05, 3.63) is 164 Å². The fourth-order valence-electron chi connectivity index (χ4n) is 10.5. The number of benzene rings is 6. The highest BCUT2D eigenvalue weighted by Crippen LogP contribution is 2.40. The Kier molecular flexibility index (Phi) is 18.0. The SMILES string of the molecule is CCCCCCCCN(S(=O)(=O)c1ccc(N(S(=O)(=O)c2c(C)cc(C)cc2C)S(=O)(=O)c2c(C)cc(C)cc2C)cc1)S(=O)(=O)c1ccc(N(S(=O)(=O)c2c(C)cc(C)cc2C)S(=O)(=O)c2c(C)cc(C)cc2C)cc1. The minimum absolute atomic E-state index is 0.0852. The molecule has 0 aromatic heterocycles. The topological polar surface area (TPSA) is 215 Å². The van der Waals surface area contributed by atoms with Crippen molar-refractivity contribution in [2.75, 3.05) is 14.0 Å². The smallest absolute Gasteiger partial charge is 0.206 e. The molecule has 0 saturated carbocycles. The Bertz CT molecular complexity index is 3450. The zero-order valence-corrected chi connectivity index (χ0v) is 50.8. The second kappa shape index (κ2) is 22.7. The van der Waals surface area contributed by atoms with Gasteiger partial charge in [-0.15, -0.1) is 0 Å². The molecule has 77 heavy (non-hydrogen) atoms. The summed E-state index contributed by atoms with van der Waals surface area (Å²) in [5.74, 6) is 0. The molecule has 15 nitrogen and oxygen atoms in total. The van der Waals surface area contributed by atoms with Gasteiger partial charge in [0, 0.05) is 6.54 Å². The van der Waals surface area contributed by atoms with Gasteiger partial charge in [0.15, 0.2) is 0 Å². The first kappa shape index (κ1) is 60.8. The average molecular weight is 1170 g/mol. The van der Waals surface area contributed by atoms with Crippen LogP contribution in [-0.2, 0) is 60.1 Å². The Morgan fingerprint density at radius 3 is 0.753 bits per heavy atom. The van der Waals surface area contributed by atoms with Crippen LogP contribution in [0.5, 0.6) is 0 Å². The van der Waals surface area contributed by atoms with E-state index in [0.29, 0.717) is 16.6 Å². The van der Waals surface area contributed by atoms with Crippen LogP contribution in [0.15, 0.2) is 126 Å². The van der Waals surface area contributed by atoms with E-state index in [0.717, 1.165) is 90.0 Å². The van der Waals surface area contributed by atoms with E-state index in [1.54, 1.807) is 132 Å². The molecule has 0 heterocycles. The quantitative estimate of drug-likeness (QED) is 0.0615. The average Bonchev–Trinajstić information content (AvgIpc) is 3.30. The molecular weight excluding hydrogens is 1100 g/mol. The first-order valence-electron chi connectivity index (χ1n) is 25.1. The first-order chi connectivity index (χ1) is 35.6. The largest absolute Gasteiger partial charge is 0.278 e. The van der Waals surface area contributed by atoms with Crippen molar-refractivity contribution >= 4 is 71.5 Å². The molecule has 0 aliphatic heterocycles. The molecule has 0 N–H and O–H groups in total. The van der Waals surface area contributed by atoms with Crippen molar-refractivity contribution in [2.45, 2.75) is 158 Å². The third-order valence-corrected chi connectivity index (χ3v) is 27.2. The van der Waals surface area contributed by atoms with Crippen LogP contribution in [0.4, 0.5) is 11.4 Å². The summed E-state index contributed by atoms with van der Waals surface area (Å²) < 4.78 is 180. The van der Waals surface area contributed by atoms with Crippen LogP contribution in [0.25, 0.3) is 0 Å². The standard InChI is InChI=1S/C56H69N3O12S6/c1-14-15-16-17-18-19-28-57(72(60,61)51-24-20-49(21-25-51)58(74(64,65)53-41(6)29-37(2)30-42(53)7)75(66,67)54-43(8)31-38(3)32-44(54)9)73(62,63)52-26-22-50(23-27-52)59(76(68,69)55-45(10)33-39(4)34-46(55)11)77(70,71)56-47(12)35-40(5)36-48(56)13/h20-27,29-36H,14-19,28H2,1-13H3. The lowest BCUT2D eigenvalue weighted by molar-refractivity contribution is 0.479. The van der Waals surface area contributed by atoms with E-state index in [4.69, 9.17) is 0 Å². The van der Waals surface area contributed by atoms with Gasteiger partial charge >= 0.3 is 0 Å². The summed E-state index contributed by atoms with van der Waals surface area (Å²) in [6.45, 7) is 20.9. The third kappa shape index (κ3) is 12.0. The van der Waals surface area contributed by atoms with Gasteiger partial charge in [-0.3, -0.25) is 0 Å². The highest BCUT2D eigenvalue weighted by atomic mass is 32.3. The van der Waals surface area contributed by atoms with E-state index in [2.05, 4.69) is 0 Å². The highest BCUT2D eigenvalue weighted by Gasteiger charge is 2.43. The van der Waals surface area contributed by atoms with Crippen LogP contribution < -0.4 is 7.42 Å². The van der Waals surface area contributed by atoms with E-state index < -0.39 is 87.9 Å². The number of anilines is 2. The molecule has 0 atom stereocenters. The zero-order chi connectivity index (χ0) is 57.5. The summed E-state index contributed by atoms with van der Waals surface area (Å²) in [6, 6.07) is 20.6. The van der Waals surface area contributed by atoms with Crippen LogP contribution in [0, 0.1) is 83.1 Å². The lowest BCUT2D eigenvalue weighted by Crippen LogP contribution is -2.39. The molecule has 0 fully saturated rings. The van der Waals surface area contributed by atoms with Crippen molar-refractivity contribution in [3.8, 4) is 0 Å². The highest BCUT2D eigenvalue weighted by molar-refractivity contribution is 8.11. The van der Waals surface area contributed by atoms with Gasteiger partial charge in [-0.1, -0.05) is 114 Å². The summed E-state index contributed by atoms with van der Waals surface area (Å²) in [7, 11) is -30.2. The number of hydrogen-bond donors (Lipinski definition) is 0. The monoisotopic (exact) mass is 1170 g/mol. The second-order valence-electron chi connectivity index (χ2n) is 20.1. The molecule has 21 heteroatoms. The number of unbranched alkanes of at least 4 members (excludes halogenated alkanes) is 5. The summed E-state index contributed by atoms with van der Waals surface area (Å²) in [4.78, 5) is -2.33. The van der Waals surface area contributed by atoms with Gasteiger partial charge in [-0.25, -0.2) is 16.8 Å². The Balaban J connectivity index is 1.51. The predicted molar refractivity (Wildman–Crippen MR) is 304 cm³/mol. The van der Waals surface area contributed by atoms with Crippen molar-refractivity contribution in [3.63, 3.8) is 0 Å². The van der Waals surface area contributed by atoms with Crippen molar-refractivity contribution in [1.29, 1.82) is 0 Å². The number of sulfonamides is 6. The Labute approximate surface area is 458 Å².